The highest BCUT2D eigenvalue weighted by Crippen LogP contribution is 2.39. The number of carbonyl (C=O) groups excluding carboxylic acids is 2. The highest BCUT2D eigenvalue weighted by Gasteiger charge is 2.43. The van der Waals surface area contributed by atoms with Gasteiger partial charge in [0.15, 0.2) is 5.78 Å². The first-order valence-corrected chi connectivity index (χ1v) is 9.89. The number of ether oxygens (including phenoxy) is 1. The number of nitrogens with zero attached hydrogens (tertiary/aromatic N) is 3. The molecule has 1 amide bonds. The monoisotopic (exact) mass is 381 g/mol. The van der Waals surface area contributed by atoms with E-state index >= 15 is 0 Å². The van der Waals surface area contributed by atoms with Crippen molar-refractivity contribution in [3.05, 3.63) is 46.3 Å². The van der Waals surface area contributed by atoms with E-state index in [1.807, 2.05) is 50.8 Å². The van der Waals surface area contributed by atoms with Crippen LogP contribution in [0.2, 0.25) is 0 Å². The van der Waals surface area contributed by atoms with Crippen LogP contribution in [0.5, 0.6) is 5.75 Å². The van der Waals surface area contributed by atoms with Gasteiger partial charge in [-0.15, -0.1) is 0 Å². The molecule has 0 aliphatic carbocycles. The van der Waals surface area contributed by atoms with Crippen LogP contribution in [-0.2, 0) is 11.3 Å². The van der Waals surface area contributed by atoms with Gasteiger partial charge < -0.3 is 9.64 Å². The van der Waals surface area contributed by atoms with E-state index in [4.69, 9.17) is 4.74 Å². The molecule has 1 aromatic heterocycles. The molecule has 1 spiro atoms. The number of aryl methyl sites for hydroxylation is 2. The number of Topliss-reactive ketones (excluding diaryl/α,β-unsaturated/α-hetero) is 1. The van der Waals surface area contributed by atoms with Crippen LogP contribution in [0.1, 0.15) is 52.1 Å². The molecule has 2 aliphatic rings. The van der Waals surface area contributed by atoms with Crippen molar-refractivity contribution in [3.63, 3.8) is 0 Å². The first-order chi connectivity index (χ1) is 13.3. The number of fused-ring (bicyclic) bond motifs is 1. The third kappa shape index (κ3) is 3.21. The third-order valence-electron chi connectivity index (χ3n) is 6.30. The van der Waals surface area contributed by atoms with Gasteiger partial charge in [0.2, 0.25) is 5.91 Å². The zero-order valence-corrected chi connectivity index (χ0v) is 17.0. The molecule has 0 unspecified atom stereocenters. The SMILES string of the molecule is Cc1ccc2c(c1)C(=O)CC1(CCN(C(=O)Cn3nc(C)c(C)c3C)CC1)O2. The lowest BCUT2D eigenvalue weighted by Gasteiger charge is -2.44. The van der Waals surface area contributed by atoms with Crippen LogP contribution in [0.25, 0.3) is 0 Å². The van der Waals surface area contributed by atoms with Gasteiger partial charge in [0.1, 0.15) is 17.9 Å². The average Bonchev–Trinajstić information content (AvgIpc) is 2.90. The van der Waals surface area contributed by atoms with Crippen molar-refractivity contribution in [2.75, 3.05) is 13.1 Å². The van der Waals surface area contributed by atoms with Crippen LogP contribution in [0.3, 0.4) is 0 Å². The predicted octanol–water partition coefficient (Wildman–Crippen LogP) is 3.14. The Balaban J connectivity index is 1.43. The fraction of sp³-hybridized carbons (Fsp3) is 0.500. The topological polar surface area (TPSA) is 64.4 Å². The summed E-state index contributed by atoms with van der Waals surface area (Å²) in [7, 11) is 0. The van der Waals surface area contributed by atoms with Crippen molar-refractivity contribution >= 4 is 11.7 Å². The molecule has 6 heteroatoms. The van der Waals surface area contributed by atoms with Gasteiger partial charge in [0.05, 0.1) is 17.7 Å². The standard InChI is InChI=1S/C22H27N3O3/c1-14-5-6-20-18(11-14)19(26)12-22(28-20)7-9-24(10-8-22)21(27)13-25-17(4)15(2)16(3)23-25/h5-6,11H,7-10,12-13H2,1-4H3. The summed E-state index contributed by atoms with van der Waals surface area (Å²) in [6.07, 6.45) is 1.74. The molecule has 148 valence electrons. The second-order valence-corrected chi connectivity index (χ2v) is 8.22. The summed E-state index contributed by atoms with van der Waals surface area (Å²) >= 11 is 0. The van der Waals surface area contributed by atoms with Crippen molar-refractivity contribution in [3.8, 4) is 5.75 Å². The first-order valence-electron chi connectivity index (χ1n) is 9.89. The third-order valence-corrected chi connectivity index (χ3v) is 6.30. The summed E-state index contributed by atoms with van der Waals surface area (Å²) in [5, 5.41) is 4.47. The summed E-state index contributed by atoms with van der Waals surface area (Å²) in [5.74, 6) is 0.890. The van der Waals surface area contributed by atoms with E-state index in [2.05, 4.69) is 5.10 Å². The molecule has 0 atom stereocenters. The average molecular weight is 381 g/mol. The number of hydrogen-bond acceptors (Lipinski definition) is 4. The second kappa shape index (κ2) is 6.76. The second-order valence-electron chi connectivity index (χ2n) is 8.22. The van der Waals surface area contributed by atoms with Crippen molar-refractivity contribution < 1.29 is 14.3 Å². The predicted molar refractivity (Wildman–Crippen MR) is 106 cm³/mol. The molecule has 6 nitrogen and oxygen atoms in total. The molecule has 0 saturated carbocycles. The van der Waals surface area contributed by atoms with Gasteiger partial charge in [0, 0.05) is 31.6 Å². The van der Waals surface area contributed by atoms with Crippen LogP contribution >= 0.6 is 0 Å². The number of aromatic nitrogens is 2. The summed E-state index contributed by atoms with van der Waals surface area (Å²) in [5.41, 5.74) is 4.40. The zero-order valence-electron chi connectivity index (χ0n) is 17.0. The number of likely N-dealkylation sites (tertiary alicyclic amines) is 1. The Hall–Kier alpha value is -2.63. The molecule has 1 saturated heterocycles. The van der Waals surface area contributed by atoms with Gasteiger partial charge in [-0.2, -0.15) is 5.10 Å². The Morgan fingerprint density at radius 3 is 2.54 bits per heavy atom. The van der Waals surface area contributed by atoms with E-state index in [0.717, 1.165) is 22.5 Å². The lowest BCUT2D eigenvalue weighted by atomic mass is 9.82. The summed E-state index contributed by atoms with van der Waals surface area (Å²) in [6, 6.07) is 5.77. The number of piperidine rings is 1. The largest absolute Gasteiger partial charge is 0.486 e. The van der Waals surface area contributed by atoms with Crippen molar-refractivity contribution in [2.24, 2.45) is 0 Å². The maximum atomic E-state index is 12.8. The Labute approximate surface area is 165 Å². The van der Waals surface area contributed by atoms with E-state index in [1.165, 1.54) is 0 Å². The van der Waals surface area contributed by atoms with Crippen LogP contribution in [0, 0.1) is 27.7 Å². The number of amides is 1. The van der Waals surface area contributed by atoms with Gasteiger partial charge >= 0.3 is 0 Å². The molecule has 2 aromatic rings. The molecule has 0 bridgehead atoms. The van der Waals surface area contributed by atoms with Crippen molar-refractivity contribution in [1.29, 1.82) is 0 Å². The quantitative estimate of drug-likeness (QED) is 0.802. The molecule has 0 N–H and O–H groups in total. The molecular weight excluding hydrogens is 354 g/mol. The van der Waals surface area contributed by atoms with Gasteiger partial charge in [-0.1, -0.05) is 11.6 Å². The lowest BCUT2D eigenvalue weighted by Crippen LogP contribution is -2.52. The minimum atomic E-state index is -0.481. The Kier molecular flexibility index (Phi) is 4.52. The van der Waals surface area contributed by atoms with Gasteiger partial charge in [-0.3, -0.25) is 14.3 Å². The minimum Gasteiger partial charge on any atom is -0.486 e. The normalized spacial score (nSPS) is 18.1. The highest BCUT2D eigenvalue weighted by atomic mass is 16.5. The van der Waals surface area contributed by atoms with E-state index < -0.39 is 5.60 Å². The summed E-state index contributed by atoms with van der Waals surface area (Å²) in [6.45, 7) is 9.43. The maximum absolute atomic E-state index is 12.8. The molecule has 0 radical (unpaired) electrons. The maximum Gasteiger partial charge on any atom is 0.244 e. The van der Waals surface area contributed by atoms with E-state index in [-0.39, 0.29) is 18.2 Å². The number of ketones is 1. The Bertz CT molecular complexity index is 952. The molecule has 3 heterocycles. The van der Waals surface area contributed by atoms with E-state index in [1.54, 1.807) is 4.68 Å². The van der Waals surface area contributed by atoms with Crippen LogP contribution < -0.4 is 4.74 Å². The molecule has 4 rings (SSSR count). The summed E-state index contributed by atoms with van der Waals surface area (Å²) in [4.78, 5) is 27.3. The number of carbonyl (C=O) groups is 2. The Morgan fingerprint density at radius 1 is 1.18 bits per heavy atom. The number of hydrogen-bond donors (Lipinski definition) is 0. The molecule has 28 heavy (non-hydrogen) atoms. The molecule has 1 aromatic carbocycles. The van der Waals surface area contributed by atoms with E-state index in [0.29, 0.717) is 43.7 Å². The van der Waals surface area contributed by atoms with Gasteiger partial charge in [-0.05, 0) is 45.4 Å². The van der Waals surface area contributed by atoms with Crippen molar-refractivity contribution in [1.82, 2.24) is 14.7 Å². The summed E-state index contributed by atoms with van der Waals surface area (Å²) < 4.78 is 8.08. The minimum absolute atomic E-state index is 0.0682. The zero-order chi connectivity index (χ0) is 20.1. The first kappa shape index (κ1) is 18.7. The Morgan fingerprint density at radius 2 is 1.89 bits per heavy atom. The molecule has 1 fully saturated rings. The number of rotatable bonds is 2. The van der Waals surface area contributed by atoms with E-state index in [9.17, 15) is 9.59 Å². The van der Waals surface area contributed by atoms with Gasteiger partial charge in [-0.25, -0.2) is 0 Å². The molecular formula is C22H27N3O3. The van der Waals surface area contributed by atoms with Crippen LogP contribution in [-0.4, -0.2) is 45.1 Å². The fourth-order valence-electron chi connectivity index (χ4n) is 4.22. The smallest absolute Gasteiger partial charge is 0.244 e. The van der Waals surface area contributed by atoms with Crippen LogP contribution in [0.15, 0.2) is 18.2 Å². The van der Waals surface area contributed by atoms with Gasteiger partial charge in [0.25, 0.3) is 0 Å². The van der Waals surface area contributed by atoms with Crippen molar-refractivity contribution in [2.45, 2.75) is 59.1 Å². The number of benzene rings is 1. The lowest BCUT2D eigenvalue weighted by molar-refractivity contribution is -0.135. The molecule has 2 aliphatic heterocycles. The fourth-order valence-corrected chi connectivity index (χ4v) is 4.22. The van der Waals surface area contributed by atoms with Crippen LogP contribution in [0.4, 0.5) is 0 Å². The highest BCUT2D eigenvalue weighted by molar-refractivity contribution is 6.00.